The summed E-state index contributed by atoms with van der Waals surface area (Å²) in [4.78, 5) is 29.9. The molecular weight excluding hydrogens is 491 g/mol. The molecular formula is C24H24Cl2N6O3. The molecule has 1 aliphatic carbocycles. The minimum Gasteiger partial charge on any atom is -0.446 e. The zero-order chi connectivity index (χ0) is 24.4. The van der Waals surface area contributed by atoms with Crippen molar-refractivity contribution in [2.45, 2.75) is 37.7 Å². The number of benzene rings is 1. The van der Waals surface area contributed by atoms with Crippen LogP contribution in [0.1, 0.15) is 47.8 Å². The predicted octanol–water partition coefficient (Wildman–Crippen LogP) is 5.02. The molecule has 0 saturated heterocycles. The van der Waals surface area contributed by atoms with Crippen LogP contribution in [-0.2, 0) is 4.74 Å². The fraction of sp³-hybridized carbons (Fsp3) is 0.333. The average Bonchev–Trinajstić information content (AvgIpc) is 3.47. The second-order valence-corrected chi connectivity index (χ2v) is 9.53. The number of anilines is 2. The van der Waals surface area contributed by atoms with E-state index in [9.17, 15) is 9.59 Å². The van der Waals surface area contributed by atoms with Gasteiger partial charge in [0.15, 0.2) is 5.82 Å². The average molecular weight is 515 g/mol. The number of nitrogens with zero attached hydrogens (tertiary/aromatic N) is 2. The largest absolute Gasteiger partial charge is 0.446 e. The Morgan fingerprint density at radius 2 is 1.74 bits per heavy atom. The monoisotopic (exact) mass is 514 g/mol. The molecule has 0 radical (unpaired) electrons. The van der Waals surface area contributed by atoms with Crippen LogP contribution in [0.5, 0.6) is 0 Å². The number of pyridine rings is 1. The van der Waals surface area contributed by atoms with Gasteiger partial charge in [0, 0.05) is 46.4 Å². The molecule has 182 valence electrons. The minimum atomic E-state index is -0.440. The summed E-state index contributed by atoms with van der Waals surface area (Å²) in [6.07, 6.45) is 2.41. The van der Waals surface area contributed by atoms with Gasteiger partial charge in [-0.25, -0.2) is 9.78 Å². The highest BCUT2D eigenvalue weighted by Gasteiger charge is 2.30. The molecule has 1 aromatic carbocycles. The van der Waals surface area contributed by atoms with E-state index in [2.05, 4.69) is 31.1 Å². The lowest BCUT2D eigenvalue weighted by Crippen LogP contribution is -2.32. The van der Waals surface area contributed by atoms with E-state index in [-0.39, 0.29) is 23.6 Å². The molecule has 0 unspecified atom stereocenters. The summed E-state index contributed by atoms with van der Waals surface area (Å²) >= 11 is 12.4. The molecule has 2 atom stereocenters. The fourth-order valence-corrected chi connectivity index (χ4v) is 5.00. The molecule has 1 fully saturated rings. The smallest absolute Gasteiger partial charge is 0.407 e. The summed E-state index contributed by atoms with van der Waals surface area (Å²) < 4.78 is 5.55. The molecule has 4 N–H and O–H groups in total. The van der Waals surface area contributed by atoms with Crippen molar-refractivity contribution in [3.05, 3.63) is 57.8 Å². The molecule has 6 bridgehead atoms. The lowest BCUT2D eigenvalue weighted by atomic mass is 10.0. The van der Waals surface area contributed by atoms with Crippen LogP contribution < -0.4 is 16.0 Å². The van der Waals surface area contributed by atoms with Gasteiger partial charge in [0.25, 0.3) is 5.91 Å². The number of carbonyl (C=O) groups is 2. The van der Waals surface area contributed by atoms with Crippen molar-refractivity contribution in [1.82, 2.24) is 25.8 Å². The van der Waals surface area contributed by atoms with Gasteiger partial charge in [-0.15, -0.1) is 0 Å². The quantitative estimate of drug-likeness (QED) is 0.361. The Kier molecular flexibility index (Phi) is 6.79. The van der Waals surface area contributed by atoms with E-state index in [0.717, 1.165) is 25.0 Å². The van der Waals surface area contributed by atoms with E-state index in [1.165, 1.54) is 0 Å². The van der Waals surface area contributed by atoms with E-state index in [0.29, 0.717) is 52.3 Å². The molecule has 9 nitrogen and oxygen atoms in total. The number of aromatic amines is 1. The number of alkyl carbamates (subject to hydrolysis) is 1. The molecule has 2 aliphatic rings. The maximum Gasteiger partial charge on any atom is 0.407 e. The zero-order valence-electron chi connectivity index (χ0n) is 18.7. The first kappa shape index (κ1) is 23.4. The van der Waals surface area contributed by atoms with E-state index in [4.69, 9.17) is 27.9 Å². The third kappa shape index (κ3) is 5.52. The predicted molar refractivity (Wildman–Crippen MR) is 133 cm³/mol. The number of ether oxygens (including phenoxy) is 1. The number of hydrogen-bond acceptors (Lipinski definition) is 6. The van der Waals surface area contributed by atoms with Crippen molar-refractivity contribution in [3.8, 4) is 11.1 Å². The molecule has 2 aromatic heterocycles. The standard InChI is InChI=1S/C24H24Cl2N6O3/c25-15-8-14(9-16(26)11-15)18-4-5-20-29-21-12-19(31-32-21)13-2-3-17(10-13)35-24(34)28-7-1-6-27-23(33)22(18)30-20/h4-5,8-9,11-13,17H,1-3,6-7,10H2,(H,27,33)(H,28,34)(H2,29,30,31,32)/t13-,17+/m0/s1. The van der Waals surface area contributed by atoms with Gasteiger partial charge in [-0.3, -0.25) is 9.89 Å². The highest BCUT2D eigenvalue weighted by Crippen LogP contribution is 2.36. The van der Waals surface area contributed by atoms with Crippen LogP contribution in [0, 0.1) is 0 Å². The number of fused-ring (bicyclic) bond motifs is 7. The van der Waals surface area contributed by atoms with Gasteiger partial charge < -0.3 is 20.7 Å². The molecule has 35 heavy (non-hydrogen) atoms. The Labute approximate surface area is 211 Å². The summed E-state index contributed by atoms with van der Waals surface area (Å²) in [6, 6.07) is 10.6. The van der Waals surface area contributed by atoms with Gasteiger partial charge in [0.1, 0.15) is 17.6 Å². The van der Waals surface area contributed by atoms with Crippen molar-refractivity contribution in [2.75, 3.05) is 18.4 Å². The second-order valence-electron chi connectivity index (χ2n) is 8.66. The van der Waals surface area contributed by atoms with E-state index < -0.39 is 6.09 Å². The maximum atomic E-state index is 13.1. The number of amides is 2. The molecule has 2 amide bonds. The molecule has 0 spiro atoms. The summed E-state index contributed by atoms with van der Waals surface area (Å²) in [7, 11) is 0. The van der Waals surface area contributed by atoms with Crippen LogP contribution in [-0.4, -0.2) is 46.4 Å². The molecule has 11 heteroatoms. The first-order valence-corrected chi connectivity index (χ1v) is 12.2. The van der Waals surface area contributed by atoms with Crippen LogP contribution >= 0.6 is 23.2 Å². The molecule has 1 aliphatic heterocycles. The molecule has 5 rings (SSSR count). The van der Waals surface area contributed by atoms with Crippen LogP contribution in [0.15, 0.2) is 36.4 Å². The van der Waals surface area contributed by atoms with Crippen LogP contribution in [0.4, 0.5) is 16.4 Å². The first-order chi connectivity index (χ1) is 16.9. The Bertz CT molecular complexity index is 1240. The topological polar surface area (TPSA) is 121 Å². The second kappa shape index (κ2) is 10.1. The maximum absolute atomic E-state index is 13.1. The Morgan fingerprint density at radius 1 is 0.943 bits per heavy atom. The first-order valence-electron chi connectivity index (χ1n) is 11.5. The number of H-pyrrole nitrogens is 1. The normalized spacial score (nSPS) is 20.6. The van der Waals surface area contributed by atoms with Crippen LogP contribution in [0.25, 0.3) is 11.1 Å². The van der Waals surface area contributed by atoms with Crippen molar-refractivity contribution >= 4 is 46.8 Å². The summed E-state index contributed by atoms with van der Waals surface area (Å²) in [6.45, 7) is 0.730. The van der Waals surface area contributed by atoms with Crippen molar-refractivity contribution in [3.63, 3.8) is 0 Å². The molecule has 3 aromatic rings. The van der Waals surface area contributed by atoms with Crippen molar-refractivity contribution < 1.29 is 14.3 Å². The summed E-state index contributed by atoms with van der Waals surface area (Å²) in [5.41, 5.74) is 2.45. The van der Waals surface area contributed by atoms with Crippen molar-refractivity contribution in [1.29, 1.82) is 0 Å². The number of carbonyl (C=O) groups excluding carboxylic acids is 2. The van der Waals surface area contributed by atoms with Gasteiger partial charge in [-0.1, -0.05) is 23.2 Å². The highest BCUT2D eigenvalue weighted by atomic mass is 35.5. The van der Waals surface area contributed by atoms with Gasteiger partial charge >= 0.3 is 6.09 Å². The van der Waals surface area contributed by atoms with Gasteiger partial charge in [0.05, 0.1) is 0 Å². The lowest BCUT2D eigenvalue weighted by molar-refractivity contribution is 0.0948. The number of aromatic nitrogens is 3. The number of hydrogen-bond donors (Lipinski definition) is 4. The number of rotatable bonds is 1. The van der Waals surface area contributed by atoms with Crippen LogP contribution in [0.3, 0.4) is 0 Å². The Hall–Kier alpha value is -3.30. The van der Waals surface area contributed by atoms with E-state index in [1.807, 2.05) is 6.07 Å². The van der Waals surface area contributed by atoms with Crippen molar-refractivity contribution in [2.24, 2.45) is 0 Å². The lowest BCUT2D eigenvalue weighted by Gasteiger charge is -2.14. The Balaban J connectivity index is 1.48. The fourth-order valence-electron chi connectivity index (χ4n) is 4.47. The van der Waals surface area contributed by atoms with Crippen LogP contribution in [0.2, 0.25) is 10.0 Å². The van der Waals surface area contributed by atoms with Gasteiger partial charge in [-0.2, -0.15) is 5.10 Å². The van der Waals surface area contributed by atoms with E-state index in [1.54, 1.807) is 30.3 Å². The third-order valence-electron chi connectivity index (χ3n) is 6.14. The number of nitrogens with one attached hydrogen (secondary N) is 4. The van der Waals surface area contributed by atoms with Gasteiger partial charge in [0.2, 0.25) is 0 Å². The molecule has 3 heterocycles. The third-order valence-corrected chi connectivity index (χ3v) is 6.58. The zero-order valence-corrected chi connectivity index (χ0v) is 20.2. The SMILES string of the molecule is O=C1NCCCNC(=O)c2nc(ccc2-c2cc(Cl)cc(Cl)c2)Nc2cc([nH]n2)[C@H]2CC[C@H](C2)O1. The highest BCUT2D eigenvalue weighted by molar-refractivity contribution is 6.35. The van der Waals surface area contributed by atoms with E-state index >= 15 is 0 Å². The summed E-state index contributed by atoms with van der Waals surface area (Å²) in [5, 5.41) is 17.1. The minimum absolute atomic E-state index is 0.130. The molecule has 1 saturated carbocycles. The summed E-state index contributed by atoms with van der Waals surface area (Å²) in [5.74, 6) is 0.926. The number of halogens is 2. The Morgan fingerprint density at radius 3 is 2.57 bits per heavy atom. The van der Waals surface area contributed by atoms with Gasteiger partial charge in [-0.05, 0) is 61.6 Å².